The highest BCUT2D eigenvalue weighted by molar-refractivity contribution is 14.0. The van der Waals surface area contributed by atoms with E-state index in [1.807, 2.05) is 36.4 Å². The molecule has 2 aliphatic heterocycles. The molecule has 0 radical (unpaired) electrons. The van der Waals surface area contributed by atoms with Gasteiger partial charge >= 0.3 is 23.9 Å². The lowest BCUT2D eigenvalue weighted by Crippen LogP contribution is -2.36. The Morgan fingerprint density at radius 3 is 0.836 bits per heavy atom. The number of hydrogen-bond acceptors (Lipinski definition) is 8. The lowest BCUT2D eigenvalue weighted by atomic mass is 9.66. The minimum atomic E-state index is -4.09. The SMILES string of the molecule is Cc1cc2c(cc1C)C1(c3cc(C)c(C)cc3-2)c2ccccc2S(=O)(=O)c2ccccc21.I.O=C(O)c1cc2c(cc1C(=O)O)C1(c3cc(C(=O)O)c(C(=O)O)cc3-2)c2ccccc2S(=O)(=O)c2ccccc21.[HH]. The van der Waals surface area contributed by atoms with Gasteiger partial charge in [0.05, 0.1) is 52.7 Å². The molecule has 12 nitrogen and oxygen atoms in total. The van der Waals surface area contributed by atoms with Gasteiger partial charge in [-0.05, 0) is 165 Å². The fraction of sp³-hybridized carbons (Fsp3) is 0.103. The standard InChI is InChI=1S/C29H16O10S.C29H24O2S.HI.H2/c30-25(31)15-9-13-14-10-16(26(32)33)18(28(36)37)12-22(14)29(21(13)11-17(15)27(34)35)19-5-1-3-7-23(19)40(38,39)24-8-4-2-6-20(24)29;1-17-13-21-22-14-18(2)20(4)16-26(22)29(25(21)15-19(17)3)23-9-5-7-11-27(23)32(30,31)28-12-8-6-10-24(28)29;;/h1-12H,(H,30,31)(H,32,33)(H,34,35)(H,36,37);5-16H,1-4H3;2*1H. The summed E-state index contributed by atoms with van der Waals surface area (Å²) in [6.45, 7) is 8.57. The summed E-state index contributed by atoms with van der Waals surface area (Å²) < 4.78 is 54.9. The monoisotopic (exact) mass is 1120 g/mol. The topological polar surface area (TPSA) is 217 Å². The van der Waals surface area contributed by atoms with E-state index in [4.69, 9.17) is 0 Å². The maximum atomic E-state index is 13.8. The van der Waals surface area contributed by atoms with Crippen molar-refractivity contribution in [3.63, 3.8) is 0 Å². The average Bonchev–Trinajstić information content (AvgIpc) is 3.78. The van der Waals surface area contributed by atoms with Crippen molar-refractivity contribution >= 4 is 67.5 Å². The summed E-state index contributed by atoms with van der Waals surface area (Å²) in [4.78, 5) is 49.3. The van der Waals surface area contributed by atoms with E-state index in [1.54, 1.807) is 24.3 Å². The number of sulfone groups is 2. The zero-order chi connectivity index (χ0) is 51.1. The number of aryl methyl sites for hydroxylation is 4. The minimum absolute atomic E-state index is 0. The van der Waals surface area contributed by atoms with E-state index in [0.29, 0.717) is 9.79 Å². The van der Waals surface area contributed by atoms with Crippen LogP contribution in [0.1, 0.15) is 110 Å². The van der Waals surface area contributed by atoms with Crippen molar-refractivity contribution in [3.05, 3.63) is 235 Å². The van der Waals surface area contributed by atoms with Crippen LogP contribution >= 0.6 is 24.0 Å². The highest BCUT2D eigenvalue weighted by Gasteiger charge is 2.56. The average molecular weight is 1120 g/mol. The Hall–Kier alpha value is -7.73. The smallest absolute Gasteiger partial charge is 0.336 e. The highest BCUT2D eigenvalue weighted by Crippen LogP contribution is 2.63. The summed E-state index contributed by atoms with van der Waals surface area (Å²) in [5, 5.41) is 39.5. The second-order valence-corrected chi connectivity index (χ2v) is 22.3. The number of benzene rings is 8. The Kier molecular flexibility index (Phi) is 11.2. The zero-order valence-electron chi connectivity index (χ0n) is 39.1. The Morgan fingerprint density at radius 1 is 0.342 bits per heavy atom. The lowest BCUT2D eigenvalue weighted by molar-refractivity contribution is 0.0651. The summed E-state index contributed by atoms with van der Waals surface area (Å²) in [5.41, 5.74) is 7.84. The van der Waals surface area contributed by atoms with Gasteiger partial charge < -0.3 is 20.4 Å². The number of carbonyl (C=O) groups is 4. The van der Waals surface area contributed by atoms with Crippen LogP contribution in [0.15, 0.2) is 165 Å². The third-order valence-corrected chi connectivity index (χ3v) is 18.8. The van der Waals surface area contributed by atoms with Gasteiger partial charge in [0, 0.05) is 1.43 Å². The molecule has 15 heteroatoms. The van der Waals surface area contributed by atoms with E-state index in [1.165, 1.54) is 80.9 Å². The molecule has 12 rings (SSSR count). The van der Waals surface area contributed by atoms with Crippen LogP contribution in [0.25, 0.3) is 22.3 Å². The first-order valence-corrected chi connectivity index (χ1v) is 25.6. The zero-order valence-corrected chi connectivity index (χ0v) is 43.1. The molecule has 8 aromatic rings. The molecule has 73 heavy (non-hydrogen) atoms. The van der Waals surface area contributed by atoms with Gasteiger partial charge in [0.1, 0.15) is 0 Å². The predicted octanol–water partition coefficient (Wildman–Crippen LogP) is 11.3. The summed E-state index contributed by atoms with van der Waals surface area (Å²) >= 11 is 0. The van der Waals surface area contributed by atoms with Crippen LogP contribution in [0.3, 0.4) is 0 Å². The number of halogens is 1. The van der Waals surface area contributed by atoms with Crippen molar-refractivity contribution in [3.8, 4) is 22.3 Å². The molecule has 4 aliphatic rings. The number of hydrogen-bond donors (Lipinski definition) is 4. The van der Waals surface area contributed by atoms with Crippen LogP contribution in [-0.2, 0) is 30.5 Å². The first-order chi connectivity index (χ1) is 34.2. The number of carboxylic acids is 4. The normalized spacial score (nSPS) is 15.3. The minimum Gasteiger partial charge on any atom is -0.478 e. The van der Waals surface area contributed by atoms with E-state index in [0.717, 1.165) is 35.4 Å². The van der Waals surface area contributed by atoms with Crippen LogP contribution < -0.4 is 0 Å². The first-order valence-electron chi connectivity index (χ1n) is 22.6. The van der Waals surface area contributed by atoms with E-state index >= 15 is 0 Å². The Morgan fingerprint density at radius 2 is 0.562 bits per heavy atom. The summed E-state index contributed by atoms with van der Waals surface area (Å²) in [6, 6.07) is 40.8. The molecule has 0 aromatic heterocycles. The Labute approximate surface area is 437 Å². The largest absolute Gasteiger partial charge is 0.478 e. The van der Waals surface area contributed by atoms with Crippen molar-refractivity contribution in [1.29, 1.82) is 0 Å². The third kappa shape index (κ3) is 6.47. The molecule has 0 bridgehead atoms. The second kappa shape index (κ2) is 16.7. The maximum Gasteiger partial charge on any atom is 0.336 e. The van der Waals surface area contributed by atoms with Crippen LogP contribution in [0.5, 0.6) is 0 Å². The molecular formula is C58H43IO12S2. The second-order valence-electron chi connectivity index (χ2n) is 18.6. The molecule has 2 heterocycles. The number of carboxylic acid groups (broad SMARTS) is 4. The maximum absolute atomic E-state index is 13.8. The predicted molar refractivity (Wildman–Crippen MR) is 283 cm³/mol. The van der Waals surface area contributed by atoms with Crippen molar-refractivity contribution in [2.24, 2.45) is 0 Å². The van der Waals surface area contributed by atoms with Crippen molar-refractivity contribution in [2.45, 2.75) is 58.1 Å². The molecule has 2 spiro atoms. The molecule has 0 amide bonds. The van der Waals surface area contributed by atoms with Crippen LogP contribution in [0.4, 0.5) is 0 Å². The fourth-order valence-electron chi connectivity index (χ4n) is 11.7. The number of aromatic carboxylic acids is 4. The molecule has 366 valence electrons. The Bertz CT molecular complexity index is 3860. The highest BCUT2D eigenvalue weighted by atomic mass is 127. The van der Waals surface area contributed by atoms with Gasteiger partial charge in [-0.2, -0.15) is 0 Å². The molecular weight excluding hydrogens is 1080 g/mol. The van der Waals surface area contributed by atoms with E-state index in [9.17, 15) is 56.4 Å². The van der Waals surface area contributed by atoms with Gasteiger partial charge in [-0.3, -0.25) is 0 Å². The van der Waals surface area contributed by atoms with Gasteiger partial charge in [-0.15, -0.1) is 24.0 Å². The molecule has 8 aromatic carbocycles. The van der Waals surface area contributed by atoms with Gasteiger partial charge in [-0.25, -0.2) is 36.0 Å². The molecule has 0 saturated heterocycles. The van der Waals surface area contributed by atoms with Gasteiger partial charge in [-0.1, -0.05) is 97.1 Å². The van der Waals surface area contributed by atoms with Gasteiger partial charge in [0.25, 0.3) is 0 Å². The first kappa shape index (κ1) is 48.9. The van der Waals surface area contributed by atoms with Gasteiger partial charge in [0.15, 0.2) is 0 Å². The van der Waals surface area contributed by atoms with Crippen LogP contribution in [0, 0.1) is 27.7 Å². The van der Waals surface area contributed by atoms with Crippen LogP contribution in [-0.4, -0.2) is 61.1 Å². The van der Waals surface area contributed by atoms with Crippen LogP contribution in [0.2, 0.25) is 0 Å². The van der Waals surface area contributed by atoms with Crippen molar-refractivity contribution < 1.29 is 57.9 Å². The lowest BCUT2D eigenvalue weighted by Gasteiger charge is -2.39. The molecule has 0 unspecified atom stereocenters. The van der Waals surface area contributed by atoms with E-state index in [2.05, 4.69) is 52.0 Å². The number of fused-ring (bicyclic) bond motifs is 18. The fourth-order valence-corrected chi connectivity index (χ4v) is 15.2. The molecule has 2 aliphatic carbocycles. The van der Waals surface area contributed by atoms with Crippen molar-refractivity contribution in [2.75, 3.05) is 0 Å². The van der Waals surface area contributed by atoms with E-state index < -0.39 is 76.6 Å². The Balaban J connectivity index is 0.000000181. The van der Waals surface area contributed by atoms with Crippen molar-refractivity contribution in [1.82, 2.24) is 0 Å². The molecule has 0 atom stereocenters. The molecule has 0 saturated carbocycles. The third-order valence-electron chi connectivity index (χ3n) is 15.0. The summed E-state index contributed by atoms with van der Waals surface area (Å²) in [5.74, 6) is -6.19. The van der Waals surface area contributed by atoms with E-state index in [-0.39, 0.29) is 68.6 Å². The molecule has 0 fully saturated rings. The number of rotatable bonds is 4. The summed E-state index contributed by atoms with van der Waals surface area (Å²) in [6.07, 6.45) is 0. The molecule has 4 N–H and O–H groups in total. The van der Waals surface area contributed by atoms with Gasteiger partial charge in [0.2, 0.25) is 19.7 Å². The quantitative estimate of drug-likeness (QED) is 0.121. The summed E-state index contributed by atoms with van der Waals surface area (Å²) in [7, 11) is -7.69.